The molecule has 0 spiro atoms. The Morgan fingerprint density at radius 2 is 1.75 bits per heavy atom. The van der Waals surface area contributed by atoms with Crippen LogP contribution in [-0.4, -0.2) is 16.7 Å². The van der Waals surface area contributed by atoms with Crippen LogP contribution in [0.25, 0.3) is 0 Å². The highest BCUT2D eigenvalue weighted by Crippen LogP contribution is 2.26. The summed E-state index contributed by atoms with van der Waals surface area (Å²) in [6, 6.07) is 17.1. The number of hydrogen-bond donors (Lipinski definition) is 0. The first-order valence-electron chi connectivity index (χ1n) is 8.49. The summed E-state index contributed by atoms with van der Waals surface area (Å²) in [7, 11) is 1.70. The Morgan fingerprint density at radius 3 is 2.50 bits per heavy atom. The van der Waals surface area contributed by atoms with E-state index in [1.54, 1.807) is 7.11 Å². The van der Waals surface area contributed by atoms with Crippen LogP contribution >= 0.6 is 0 Å². The number of aromatic nitrogens is 2. The van der Waals surface area contributed by atoms with E-state index in [4.69, 9.17) is 9.72 Å². The standard InChI is InChI=1S/C21H22N2O/c1-15-22-20-12-9-17-5-3-4-6-18(17)13-21(20)23(15)14-16-7-10-19(24-2)11-8-16/h3-8,10-11H,9,12-14H2,1-2H3. The van der Waals surface area contributed by atoms with Crippen LogP contribution in [0, 0.1) is 6.92 Å². The van der Waals surface area contributed by atoms with Crippen LogP contribution in [0.2, 0.25) is 0 Å². The molecule has 1 aliphatic rings. The minimum absolute atomic E-state index is 0.861. The van der Waals surface area contributed by atoms with Crippen LogP contribution in [-0.2, 0) is 25.8 Å². The lowest BCUT2D eigenvalue weighted by Gasteiger charge is -2.12. The van der Waals surface area contributed by atoms with Crippen LogP contribution in [0.1, 0.15) is 33.9 Å². The molecule has 24 heavy (non-hydrogen) atoms. The lowest BCUT2D eigenvalue weighted by molar-refractivity contribution is 0.414. The third kappa shape index (κ3) is 2.71. The van der Waals surface area contributed by atoms with E-state index >= 15 is 0 Å². The molecular weight excluding hydrogens is 296 g/mol. The van der Waals surface area contributed by atoms with Gasteiger partial charge < -0.3 is 9.30 Å². The van der Waals surface area contributed by atoms with E-state index in [0.29, 0.717) is 0 Å². The van der Waals surface area contributed by atoms with Crippen molar-refractivity contribution >= 4 is 0 Å². The van der Waals surface area contributed by atoms with Crippen molar-refractivity contribution in [2.75, 3.05) is 7.11 Å². The molecule has 0 N–H and O–H groups in total. The fourth-order valence-electron chi connectivity index (χ4n) is 3.60. The van der Waals surface area contributed by atoms with Crippen LogP contribution in [0.5, 0.6) is 5.75 Å². The molecule has 3 heteroatoms. The first-order valence-corrected chi connectivity index (χ1v) is 8.49. The van der Waals surface area contributed by atoms with E-state index in [9.17, 15) is 0 Å². The molecule has 0 saturated carbocycles. The highest BCUT2D eigenvalue weighted by molar-refractivity contribution is 5.37. The lowest BCUT2D eigenvalue weighted by atomic mass is 10.0. The zero-order chi connectivity index (χ0) is 16.5. The number of aryl methyl sites for hydroxylation is 3. The van der Waals surface area contributed by atoms with Gasteiger partial charge in [-0.2, -0.15) is 0 Å². The van der Waals surface area contributed by atoms with Gasteiger partial charge in [-0.3, -0.25) is 0 Å². The van der Waals surface area contributed by atoms with Gasteiger partial charge in [0.05, 0.1) is 12.8 Å². The van der Waals surface area contributed by atoms with Gasteiger partial charge in [0.1, 0.15) is 11.6 Å². The van der Waals surface area contributed by atoms with Crippen molar-refractivity contribution in [3.63, 3.8) is 0 Å². The van der Waals surface area contributed by atoms with Gasteiger partial charge in [0.15, 0.2) is 0 Å². The number of fused-ring (bicyclic) bond motifs is 2. The summed E-state index contributed by atoms with van der Waals surface area (Å²) in [6.07, 6.45) is 3.09. The van der Waals surface area contributed by atoms with Crippen molar-refractivity contribution in [1.82, 2.24) is 9.55 Å². The third-order valence-electron chi connectivity index (χ3n) is 4.95. The molecular formula is C21H22N2O. The molecule has 1 aliphatic carbocycles. The summed E-state index contributed by atoms with van der Waals surface area (Å²) >= 11 is 0. The number of benzene rings is 2. The van der Waals surface area contributed by atoms with Crippen LogP contribution < -0.4 is 4.74 Å². The number of hydrogen-bond acceptors (Lipinski definition) is 2. The molecule has 1 aromatic heterocycles. The zero-order valence-electron chi connectivity index (χ0n) is 14.2. The molecule has 0 aliphatic heterocycles. The van der Waals surface area contributed by atoms with E-state index < -0.39 is 0 Å². The summed E-state index contributed by atoms with van der Waals surface area (Å²) in [6.45, 7) is 2.98. The first kappa shape index (κ1) is 15.0. The van der Waals surface area contributed by atoms with Gasteiger partial charge in [0, 0.05) is 18.7 Å². The number of rotatable bonds is 3. The molecule has 0 atom stereocenters. The molecule has 0 fully saturated rings. The van der Waals surface area contributed by atoms with Crippen LogP contribution in [0.15, 0.2) is 48.5 Å². The number of imidazole rings is 1. The minimum Gasteiger partial charge on any atom is -0.497 e. The van der Waals surface area contributed by atoms with Crippen molar-refractivity contribution in [2.45, 2.75) is 32.7 Å². The molecule has 122 valence electrons. The lowest BCUT2D eigenvalue weighted by Crippen LogP contribution is -2.08. The predicted octanol–water partition coefficient (Wildman–Crippen LogP) is 3.94. The summed E-state index contributed by atoms with van der Waals surface area (Å²) in [5.74, 6) is 2.00. The van der Waals surface area contributed by atoms with Crippen molar-refractivity contribution in [2.24, 2.45) is 0 Å². The second kappa shape index (κ2) is 6.16. The maximum Gasteiger partial charge on any atom is 0.118 e. The highest BCUT2D eigenvalue weighted by Gasteiger charge is 2.20. The quantitative estimate of drug-likeness (QED) is 0.731. The Morgan fingerprint density at radius 1 is 1.00 bits per heavy atom. The monoisotopic (exact) mass is 318 g/mol. The summed E-state index contributed by atoms with van der Waals surface area (Å²) in [5, 5.41) is 0. The topological polar surface area (TPSA) is 27.1 Å². The van der Waals surface area contributed by atoms with Crippen molar-refractivity contribution in [3.8, 4) is 5.75 Å². The normalized spacial score (nSPS) is 13.1. The van der Waals surface area contributed by atoms with Crippen molar-refractivity contribution < 1.29 is 4.74 Å². The first-order chi connectivity index (χ1) is 11.7. The molecule has 0 bridgehead atoms. The average Bonchev–Trinajstić information content (AvgIpc) is 2.79. The molecule has 3 aromatic rings. The second-order valence-corrected chi connectivity index (χ2v) is 6.43. The molecule has 0 saturated heterocycles. The fourth-order valence-corrected chi connectivity index (χ4v) is 3.60. The molecule has 4 rings (SSSR count). The predicted molar refractivity (Wildman–Crippen MR) is 95.7 cm³/mol. The Kier molecular flexibility index (Phi) is 3.85. The van der Waals surface area contributed by atoms with Gasteiger partial charge in [-0.1, -0.05) is 36.4 Å². The fraction of sp³-hybridized carbons (Fsp3) is 0.286. The summed E-state index contributed by atoms with van der Waals surface area (Å²) in [4.78, 5) is 4.86. The van der Waals surface area contributed by atoms with Crippen LogP contribution in [0.3, 0.4) is 0 Å². The van der Waals surface area contributed by atoms with Crippen molar-refractivity contribution in [1.29, 1.82) is 0 Å². The van der Waals surface area contributed by atoms with Gasteiger partial charge in [-0.15, -0.1) is 0 Å². The Bertz CT molecular complexity index is 862. The average molecular weight is 318 g/mol. The maximum absolute atomic E-state index is 5.26. The van der Waals surface area contributed by atoms with Gasteiger partial charge in [0.25, 0.3) is 0 Å². The van der Waals surface area contributed by atoms with Gasteiger partial charge in [-0.25, -0.2) is 4.98 Å². The molecule has 3 nitrogen and oxygen atoms in total. The van der Waals surface area contributed by atoms with E-state index in [1.165, 1.54) is 28.1 Å². The molecule has 0 radical (unpaired) electrons. The van der Waals surface area contributed by atoms with E-state index in [0.717, 1.165) is 37.4 Å². The molecule has 2 aromatic carbocycles. The molecule has 0 unspecified atom stereocenters. The largest absolute Gasteiger partial charge is 0.497 e. The summed E-state index contributed by atoms with van der Waals surface area (Å²) in [5.41, 5.74) is 6.80. The third-order valence-corrected chi connectivity index (χ3v) is 4.95. The second-order valence-electron chi connectivity index (χ2n) is 6.43. The summed E-state index contributed by atoms with van der Waals surface area (Å²) < 4.78 is 7.63. The maximum atomic E-state index is 5.26. The number of nitrogens with zero attached hydrogens (tertiary/aromatic N) is 2. The van der Waals surface area contributed by atoms with Crippen LogP contribution in [0.4, 0.5) is 0 Å². The SMILES string of the molecule is COc1ccc(Cn2c(C)nc3c2Cc2ccccc2CC3)cc1. The highest BCUT2D eigenvalue weighted by atomic mass is 16.5. The van der Waals surface area contributed by atoms with E-state index in [-0.39, 0.29) is 0 Å². The zero-order valence-corrected chi connectivity index (χ0v) is 14.2. The number of methoxy groups -OCH3 is 1. The Balaban J connectivity index is 1.69. The van der Waals surface area contributed by atoms with Crippen molar-refractivity contribution in [3.05, 3.63) is 82.4 Å². The number of ether oxygens (including phenoxy) is 1. The van der Waals surface area contributed by atoms with E-state index in [2.05, 4.69) is 47.9 Å². The van der Waals surface area contributed by atoms with E-state index in [1.807, 2.05) is 12.1 Å². The Hall–Kier alpha value is -2.55. The Labute approximate surface area is 142 Å². The molecule has 1 heterocycles. The van der Waals surface area contributed by atoms with Gasteiger partial charge in [0.2, 0.25) is 0 Å². The smallest absolute Gasteiger partial charge is 0.118 e. The minimum atomic E-state index is 0.861. The van der Waals surface area contributed by atoms with Gasteiger partial charge in [-0.05, 0) is 48.6 Å². The molecule has 0 amide bonds. The van der Waals surface area contributed by atoms with Gasteiger partial charge >= 0.3 is 0 Å².